The van der Waals surface area contributed by atoms with Gasteiger partial charge in [-0.1, -0.05) is 13.8 Å². The average molecular weight is 191 g/mol. The van der Waals surface area contributed by atoms with Crippen LogP contribution in [0.5, 0.6) is 0 Å². The molecular formula is C8H17NO2S. The molecule has 1 heterocycles. The molecule has 1 saturated heterocycles. The van der Waals surface area contributed by atoms with Crippen LogP contribution in [0.25, 0.3) is 0 Å². The number of nitrogens with zero attached hydrogens (tertiary/aromatic N) is 1. The van der Waals surface area contributed by atoms with Crippen molar-refractivity contribution >= 4 is 10.0 Å². The van der Waals surface area contributed by atoms with Crippen molar-refractivity contribution in [3.63, 3.8) is 0 Å². The van der Waals surface area contributed by atoms with Gasteiger partial charge in [0.05, 0.1) is 6.26 Å². The van der Waals surface area contributed by atoms with Crippen LogP contribution < -0.4 is 0 Å². The van der Waals surface area contributed by atoms with Crippen LogP contribution in [0.4, 0.5) is 0 Å². The molecule has 1 rings (SSSR count). The first-order chi connectivity index (χ1) is 5.39. The summed E-state index contributed by atoms with van der Waals surface area (Å²) in [5.41, 5.74) is 0. The van der Waals surface area contributed by atoms with Gasteiger partial charge in [0, 0.05) is 13.1 Å². The first-order valence-corrected chi connectivity index (χ1v) is 6.19. The van der Waals surface area contributed by atoms with Crippen molar-refractivity contribution in [2.24, 2.45) is 11.8 Å². The first-order valence-electron chi connectivity index (χ1n) is 4.34. The predicted octanol–water partition coefficient (Wildman–Crippen LogP) is 0.924. The molecule has 3 nitrogen and oxygen atoms in total. The van der Waals surface area contributed by atoms with Crippen molar-refractivity contribution in [2.75, 3.05) is 19.3 Å². The van der Waals surface area contributed by atoms with Crippen LogP contribution in [-0.2, 0) is 10.0 Å². The molecule has 0 aliphatic carbocycles. The molecule has 1 aliphatic rings. The standard InChI is InChI=1S/C8H17NO2S/c1-7-4-8(2)6-9(5-7)12(3,10)11/h7-8H,4-6H2,1-3H3. The minimum Gasteiger partial charge on any atom is -0.213 e. The maximum Gasteiger partial charge on any atom is 0.211 e. The van der Waals surface area contributed by atoms with Crippen molar-refractivity contribution in [1.82, 2.24) is 4.31 Å². The topological polar surface area (TPSA) is 37.4 Å². The minimum atomic E-state index is -2.96. The summed E-state index contributed by atoms with van der Waals surface area (Å²) in [5, 5.41) is 0. The van der Waals surface area contributed by atoms with E-state index in [1.54, 1.807) is 4.31 Å². The first kappa shape index (κ1) is 9.99. The molecule has 0 aromatic rings. The fourth-order valence-electron chi connectivity index (χ4n) is 1.88. The Labute approximate surface area is 74.8 Å². The molecule has 1 aliphatic heterocycles. The van der Waals surface area contributed by atoms with Crippen LogP contribution in [-0.4, -0.2) is 32.1 Å². The Bertz CT molecular complexity index is 238. The zero-order valence-corrected chi connectivity index (χ0v) is 8.76. The number of sulfonamides is 1. The van der Waals surface area contributed by atoms with Crippen LogP contribution in [0, 0.1) is 11.8 Å². The number of piperidine rings is 1. The van der Waals surface area contributed by atoms with Gasteiger partial charge in [-0.3, -0.25) is 0 Å². The molecule has 12 heavy (non-hydrogen) atoms. The molecule has 72 valence electrons. The molecule has 0 radical (unpaired) electrons. The van der Waals surface area contributed by atoms with E-state index in [0.717, 1.165) is 6.42 Å². The molecule has 2 unspecified atom stereocenters. The highest BCUT2D eigenvalue weighted by Gasteiger charge is 2.27. The van der Waals surface area contributed by atoms with Crippen molar-refractivity contribution in [1.29, 1.82) is 0 Å². The van der Waals surface area contributed by atoms with Gasteiger partial charge in [0.25, 0.3) is 0 Å². The molecule has 0 amide bonds. The molecule has 0 spiro atoms. The molecule has 0 aromatic heterocycles. The normalized spacial score (nSPS) is 33.6. The van der Waals surface area contributed by atoms with Gasteiger partial charge in [-0.25, -0.2) is 12.7 Å². The highest BCUT2D eigenvalue weighted by molar-refractivity contribution is 7.88. The average Bonchev–Trinajstić information content (AvgIpc) is 1.82. The Balaban J connectivity index is 2.68. The molecule has 1 fully saturated rings. The van der Waals surface area contributed by atoms with Crippen LogP contribution in [0.3, 0.4) is 0 Å². The number of hydrogen-bond donors (Lipinski definition) is 0. The Morgan fingerprint density at radius 2 is 1.58 bits per heavy atom. The third kappa shape index (κ3) is 2.45. The Morgan fingerprint density at radius 3 is 1.92 bits per heavy atom. The van der Waals surface area contributed by atoms with Gasteiger partial charge in [0.1, 0.15) is 0 Å². The molecule has 0 aromatic carbocycles. The summed E-state index contributed by atoms with van der Waals surface area (Å²) in [6, 6.07) is 0. The maximum atomic E-state index is 11.2. The fraction of sp³-hybridized carbons (Fsp3) is 1.00. The van der Waals surface area contributed by atoms with E-state index in [2.05, 4.69) is 13.8 Å². The molecule has 4 heteroatoms. The monoisotopic (exact) mass is 191 g/mol. The highest BCUT2D eigenvalue weighted by Crippen LogP contribution is 2.22. The Hall–Kier alpha value is -0.0900. The quantitative estimate of drug-likeness (QED) is 0.618. The van der Waals surface area contributed by atoms with Gasteiger partial charge in [0.15, 0.2) is 0 Å². The van der Waals surface area contributed by atoms with E-state index in [0.29, 0.717) is 24.9 Å². The molecule has 0 N–H and O–H groups in total. The SMILES string of the molecule is CC1CC(C)CN(S(C)(=O)=O)C1. The summed E-state index contributed by atoms with van der Waals surface area (Å²) < 4.78 is 24.0. The highest BCUT2D eigenvalue weighted by atomic mass is 32.2. The van der Waals surface area contributed by atoms with Gasteiger partial charge in [-0.05, 0) is 18.3 Å². The third-order valence-corrected chi connectivity index (χ3v) is 3.54. The van der Waals surface area contributed by atoms with E-state index in [1.165, 1.54) is 6.26 Å². The smallest absolute Gasteiger partial charge is 0.211 e. The van der Waals surface area contributed by atoms with E-state index >= 15 is 0 Å². The lowest BCUT2D eigenvalue weighted by atomic mass is 9.94. The summed E-state index contributed by atoms with van der Waals surface area (Å²) >= 11 is 0. The zero-order chi connectivity index (χ0) is 9.35. The minimum absolute atomic E-state index is 0.503. The van der Waals surface area contributed by atoms with Gasteiger partial charge in [0.2, 0.25) is 10.0 Å². The van der Waals surface area contributed by atoms with Crippen molar-refractivity contribution < 1.29 is 8.42 Å². The second-order valence-electron chi connectivity index (χ2n) is 4.03. The lowest BCUT2D eigenvalue weighted by Gasteiger charge is -2.32. The van der Waals surface area contributed by atoms with E-state index in [-0.39, 0.29) is 0 Å². The lowest BCUT2D eigenvalue weighted by Crippen LogP contribution is -2.41. The van der Waals surface area contributed by atoms with E-state index in [4.69, 9.17) is 0 Å². The Kier molecular flexibility index (Phi) is 2.78. The van der Waals surface area contributed by atoms with Crippen molar-refractivity contribution in [3.05, 3.63) is 0 Å². The van der Waals surface area contributed by atoms with Gasteiger partial charge in [-0.2, -0.15) is 0 Å². The van der Waals surface area contributed by atoms with Crippen LogP contribution >= 0.6 is 0 Å². The maximum absolute atomic E-state index is 11.2. The second-order valence-corrected chi connectivity index (χ2v) is 6.01. The van der Waals surface area contributed by atoms with Crippen molar-refractivity contribution in [3.8, 4) is 0 Å². The second kappa shape index (κ2) is 3.34. The van der Waals surface area contributed by atoms with Crippen LogP contribution in [0.2, 0.25) is 0 Å². The third-order valence-electron chi connectivity index (χ3n) is 2.30. The van der Waals surface area contributed by atoms with Gasteiger partial charge in [-0.15, -0.1) is 0 Å². The van der Waals surface area contributed by atoms with Crippen molar-refractivity contribution in [2.45, 2.75) is 20.3 Å². The summed E-state index contributed by atoms with van der Waals surface area (Å²) in [6.07, 6.45) is 2.43. The predicted molar refractivity (Wildman–Crippen MR) is 49.4 cm³/mol. The van der Waals surface area contributed by atoms with Gasteiger partial charge >= 0.3 is 0 Å². The summed E-state index contributed by atoms with van der Waals surface area (Å²) in [4.78, 5) is 0. The molecule has 2 atom stereocenters. The zero-order valence-electron chi connectivity index (χ0n) is 7.95. The summed E-state index contributed by atoms with van der Waals surface area (Å²) in [6.45, 7) is 5.61. The van der Waals surface area contributed by atoms with Gasteiger partial charge < -0.3 is 0 Å². The molecule has 0 saturated carbocycles. The lowest BCUT2D eigenvalue weighted by molar-refractivity contribution is 0.223. The summed E-state index contributed by atoms with van der Waals surface area (Å²) in [7, 11) is -2.96. The van der Waals surface area contributed by atoms with E-state index in [9.17, 15) is 8.42 Å². The van der Waals surface area contributed by atoms with Crippen LogP contribution in [0.15, 0.2) is 0 Å². The Morgan fingerprint density at radius 1 is 1.17 bits per heavy atom. The van der Waals surface area contributed by atoms with E-state index < -0.39 is 10.0 Å². The molecule has 0 bridgehead atoms. The van der Waals surface area contributed by atoms with Crippen LogP contribution in [0.1, 0.15) is 20.3 Å². The number of rotatable bonds is 1. The molecular weight excluding hydrogens is 174 g/mol. The fourth-order valence-corrected chi connectivity index (χ4v) is 2.93. The summed E-state index contributed by atoms with van der Waals surface area (Å²) in [5.74, 6) is 1.01. The number of hydrogen-bond acceptors (Lipinski definition) is 2. The largest absolute Gasteiger partial charge is 0.213 e. The van der Waals surface area contributed by atoms with E-state index in [1.807, 2.05) is 0 Å².